The summed E-state index contributed by atoms with van der Waals surface area (Å²) in [6.45, 7) is 0.630. The average Bonchev–Trinajstić information content (AvgIpc) is 3.44. The maximum Gasteiger partial charge on any atom is 0.332 e. The number of rotatable bonds is 4. The summed E-state index contributed by atoms with van der Waals surface area (Å²) < 4.78 is 0. The fourth-order valence-corrected chi connectivity index (χ4v) is 5.57. The predicted molar refractivity (Wildman–Crippen MR) is 111 cm³/mol. The fraction of sp³-hybridized carbons (Fsp3) is 0.500. The van der Waals surface area contributed by atoms with Crippen molar-refractivity contribution in [3.63, 3.8) is 0 Å². The standard InChI is InChI=1S/C20H25N5O3S/c21-20(28)23-22-10-16-11-29-12-25(16)19(27)17-6-3-7-24(17)18(26)15-8-13-4-1-2-5-14(13)9-15/h1-2,4-5,10,15-17H,3,6-9,11-12H2,(H3,21,23,28)/t16-,17+/m1/s1. The summed E-state index contributed by atoms with van der Waals surface area (Å²) in [5, 5.41) is 3.81. The Morgan fingerprint density at radius 1 is 1.14 bits per heavy atom. The number of likely N-dealkylation sites (tertiary alicyclic amines) is 1. The van der Waals surface area contributed by atoms with Crippen LogP contribution in [0.5, 0.6) is 0 Å². The molecule has 3 aliphatic rings. The average molecular weight is 416 g/mol. The molecular formula is C20H25N5O3S. The SMILES string of the molecule is NC(=O)NN=C[C@@H]1CSCN1C(=O)[C@@H]1CCCN1C(=O)C1Cc2ccccc2C1. The summed E-state index contributed by atoms with van der Waals surface area (Å²) in [4.78, 5) is 40.8. The van der Waals surface area contributed by atoms with Gasteiger partial charge >= 0.3 is 6.03 Å². The van der Waals surface area contributed by atoms with Gasteiger partial charge in [0.25, 0.3) is 0 Å². The molecule has 2 heterocycles. The largest absolute Gasteiger partial charge is 0.350 e. The van der Waals surface area contributed by atoms with Crippen LogP contribution in [0.1, 0.15) is 24.0 Å². The van der Waals surface area contributed by atoms with E-state index < -0.39 is 12.1 Å². The Kier molecular flexibility index (Phi) is 5.75. The molecule has 0 unspecified atom stereocenters. The number of fused-ring (bicyclic) bond motifs is 1. The van der Waals surface area contributed by atoms with Crippen LogP contribution >= 0.6 is 11.8 Å². The van der Waals surface area contributed by atoms with Crippen LogP contribution < -0.4 is 11.2 Å². The number of amides is 4. The van der Waals surface area contributed by atoms with Gasteiger partial charge in [-0.25, -0.2) is 10.2 Å². The van der Waals surface area contributed by atoms with E-state index in [-0.39, 0.29) is 23.8 Å². The Morgan fingerprint density at radius 3 is 2.55 bits per heavy atom. The second-order valence-corrected chi connectivity index (χ2v) is 8.69. The van der Waals surface area contributed by atoms with Gasteiger partial charge in [0.2, 0.25) is 11.8 Å². The van der Waals surface area contributed by atoms with Gasteiger partial charge in [0.1, 0.15) is 6.04 Å². The molecule has 4 amide bonds. The Bertz CT molecular complexity index is 820. The van der Waals surface area contributed by atoms with Gasteiger partial charge in [-0.05, 0) is 36.8 Å². The Labute approximate surface area is 173 Å². The molecule has 154 valence electrons. The maximum absolute atomic E-state index is 13.2. The lowest BCUT2D eigenvalue weighted by atomic mass is 10.0. The highest BCUT2D eigenvalue weighted by Gasteiger charge is 2.42. The number of nitrogens with zero attached hydrogens (tertiary/aromatic N) is 3. The first-order valence-electron chi connectivity index (χ1n) is 9.88. The van der Waals surface area contributed by atoms with Gasteiger partial charge in [-0.2, -0.15) is 5.10 Å². The number of carbonyl (C=O) groups excluding carboxylic acids is 3. The number of urea groups is 1. The number of nitrogens with one attached hydrogen (secondary N) is 1. The van der Waals surface area contributed by atoms with E-state index in [0.29, 0.717) is 24.6 Å². The van der Waals surface area contributed by atoms with Crippen LogP contribution in [0.2, 0.25) is 0 Å². The van der Waals surface area contributed by atoms with Crippen molar-refractivity contribution in [3.05, 3.63) is 35.4 Å². The zero-order chi connectivity index (χ0) is 20.4. The molecule has 2 fully saturated rings. The second-order valence-electron chi connectivity index (χ2n) is 7.69. The summed E-state index contributed by atoms with van der Waals surface area (Å²) in [5.41, 5.74) is 9.67. The van der Waals surface area contributed by atoms with Crippen molar-refractivity contribution in [3.8, 4) is 0 Å². The first kappa shape index (κ1) is 19.8. The van der Waals surface area contributed by atoms with E-state index >= 15 is 0 Å². The molecule has 0 bridgehead atoms. The highest BCUT2D eigenvalue weighted by atomic mass is 32.2. The van der Waals surface area contributed by atoms with Crippen LogP contribution in [0.3, 0.4) is 0 Å². The van der Waals surface area contributed by atoms with Crippen LogP contribution in [0.15, 0.2) is 29.4 Å². The lowest BCUT2D eigenvalue weighted by molar-refractivity contribution is -0.145. The molecule has 2 saturated heterocycles. The smallest absolute Gasteiger partial charge is 0.332 e. The summed E-state index contributed by atoms with van der Waals surface area (Å²) in [7, 11) is 0. The molecule has 8 nitrogen and oxygen atoms in total. The molecule has 0 aromatic heterocycles. The molecule has 3 N–H and O–H groups in total. The Morgan fingerprint density at radius 2 is 1.86 bits per heavy atom. The van der Waals surface area contributed by atoms with Crippen molar-refractivity contribution in [2.24, 2.45) is 16.8 Å². The summed E-state index contributed by atoms with van der Waals surface area (Å²) in [5.74, 6) is 1.23. The number of thioether (sulfide) groups is 1. The highest BCUT2D eigenvalue weighted by Crippen LogP contribution is 2.31. The highest BCUT2D eigenvalue weighted by molar-refractivity contribution is 7.99. The molecule has 1 aliphatic carbocycles. The number of nitrogens with two attached hydrogens (primary N) is 1. The second kappa shape index (κ2) is 8.44. The van der Waals surface area contributed by atoms with Crippen LogP contribution in [0, 0.1) is 5.92 Å². The first-order chi connectivity index (χ1) is 14.0. The maximum atomic E-state index is 13.2. The minimum atomic E-state index is -0.741. The molecule has 4 rings (SSSR count). The number of hydrazone groups is 1. The number of benzene rings is 1. The molecule has 0 saturated carbocycles. The minimum absolute atomic E-state index is 0.0353. The third kappa shape index (κ3) is 4.10. The van der Waals surface area contributed by atoms with Gasteiger partial charge in [0.05, 0.1) is 11.9 Å². The Hall–Kier alpha value is -2.55. The van der Waals surface area contributed by atoms with Gasteiger partial charge in [-0.1, -0.05) is 24.3 Å². The van der Waals surface area contributed by atoms with E-state index in [1.807, 2.05) is 12.1 Å². The van der Waals surface area contributed by atoms with E-state index in [1.54, 1.807) is 21.6 Å². The first-order valence-corrected chi connectivity index (χ1v) is 11.0. The van der Waals surface area contributed by atoms with Crippen LogP contribution in [0.25, 0.3) is 0 Å². The molecule has 2 atom stereocenters. The molecular weight excluding hydrogens is 390 g/mol. The van der Waals surface area contributed by atoms with E-state index in [9.17, 15) is 14.4 Å². The molecule has 1 aromatic carbocycles. The van der Waals surface area contributed by atoms with Crippen LogP contribution in [-0.4, -0.2) is 64.1 Å². The van der Waals surface area contributed by atoms with Gasteiger partial charge in [0.15, 0.2) is 0 Å². The number of carbonyl (C=O) groups is 3. The normalized spacial score (nSPS) is 24.3. The van der Waals surface area contributed by atoms with E-state index in [2.05, 4.69) is 22.7 Å². The van der Waals surface area contributed by atoms with Crippen LogP contribution in [-0.2, 0) is 22.4 Å². The minimum Gasteiger partial charge on any atom is -0.350 e. The predicted octanol–water partition coefficient (Wildman–Crippen LogP) is 0.948. The van der Waals surface area contributed by atoms with E-state index in [4.69, 9.17) is 5.73 Å². The fourth-order valence-electron chi connectivity index (χ4n) is 4.44. The number of primary amides is 1. The summed E-state index contributed by atoms with van der Waals surface area (Å²) >= 11 is 1.63. The van der Waals surface area contributed by atoms with Crippen molar-refractivity contribution in [1.82, 2.24) is 15.2 Å². The lowest BCUT2D eigenvalue weighted by Crippen LogP contribution is -2.51. The Balaban J connectivity index is 1.42. The van der Waals surface area contributed by atoms with Crippen molar-refractivity contribution in [1.29, 1.82) is 0 Å². The van der Waals surface area contributed by atoms with E-state index in [0.717, 1.165) is 19.3 Å². The lowest BCUT2D eigenvalue weighted by Gasteiger charge is -2.31. The van der Waals surface area contributed by atoms with Crippen LogP contribution in [0.4, 0.5) is 4.79 Å². The molecule has 1 aromatic rings. The van der Waals surface area contributed by atoms with Crippen molar-refractivity contribution in [2.45, 2.75) is 37.8 Å². The van der Waals surface area contributed by atoms with Gasteiger partial charge in [-0.3, -0.25) is 9.59 Å². The quantitative estimate of drug-likeness (QED) is 0.564. The zero-order valence-corrected chi connectivity index (χ0v) is 16.9. The number of hydrogen-bond acceptors (Lipinski definition) is 5. The van der Waals surface area contributed by atoms with Gasteiger partial charge < -0.3 is 15.5 Å². The monoisotopic (exact) mass is 415 g/mol. The van der Waals surface area contributed by atoms with Crippen molar-refractivity contribution < 1.29 is 14.4 Å². The van der Waals surface area contributed by atoms with Crippen molar-refractivity contribution >= 4 is 35.8 Å². The third-order valence-electron chi connectivity index (χ3n) is 5.84. The summed E-state index contributed by atoms with van der Waals surface area (Å²) in [6.07, 6.45) is 4.57. The molecule has 29 heavy (non-hydrogen) atoms. The van der Waals surface area contributed by atoms with Gasteiger partial charge in [0, 0.05) is 24.4 Å². The van der Waals surface area contributed by atoms with Gasteiger partial charge in [-0.15, -0.1) is 11.8 Å². The topological polar surface area (TPSA) is 108 Å². The molecule has 0 radical (unpaired) electrons. The van der Waals surface area contributed by atoms with Crippen molar-refractivity contribution in [2.75, 3.05) is 18.2 Å². The molecule has 0 spiro atoms. The van der Waals surface area contributed by atoms with E-state index in [1.165, 1.54) is 17.3 Å². The number of hydrogen-bond donors (Lipinski definition) is 2. The molecule has 2 aliphatic heterocycles. The molecule has 9 heteroatoms. The summed E-state index contributed by atoms with van der Waals surface area (Å²) in [6, 6.07) is 6.82. The zero-order valence-electron chi connectivity index (χ0n) is 16.1. The third-order valence-corrected chi connectivity index (χ3v) is 6.88.